The third-order valence-electron chi connectivity index (χ3n) is 2.87. The number of nitrogens with one attached hydrogen (secondary N) is 1. The van der Waals surface area contributed by atoms with Crippen LogP contribution in [0.4, 0.5) is 0 Å². The standard InChI is InChI=1S/C11H22N2O/c1-10(14)3-6-12-7-4-11-5-8-13(2)9-11/h11-12H,3-9H2,1-2H3. The normalized spacial score (nSPS) is 22.9. The van der Waals surface area contributed by atoms with Gasteiger partial charge in [0, 0.05) is 19.5 Å². The molecule has 0 aromatic rings. The first-order valence-corrected chi connectivity index (χ1v) is 5.57. The molecule has 3 heteroatoms. The molecular weight excluding hydrogens is 176 g/mol. The summed E-state index contributed by atoms with van der Waals surface area (Å²) in [6.07, 6.45) is 3.26. The summed E-state index contributed by atoms with van der Waals surface area (Å²) in [6, 6.07) is 0. The summed E-state index contributed by atoms with van der Waals surface area (Å²) in [4.78, 5) is 13.0. The first-order chi connectivity index (χ1) is 6.68. The van der Waals surface area contributed by atoms with Crippen LogP contribution in [0.15, 0.2) is 0 Å². The second kappa shape index (κ2) is 6.14. The van der Waals surface area contributed by atoms with Crippen LogP contribution in [0.3, 0.4) is 0 Å². The molecule has 3 nitrogen and oxygen atoms in total. The van der Waals surface area contributed by atoms with E-state index in [1.165, 1.54) is 25.9 Å². The molecule has 1 aliphatic heterocycles. The van der Waals surface area contributed by atoms with Gasteiger partial charge < -0.3 is 10.2 Å². The third kappa shape index (κ3) is 4.72. The van der Waals surface area contributed by atoms with Crippen LogP contribution in [0.1, 0.15) is 26.2 Å². The molecule has 1 aliphatic rings. The van der Waals surface area contributed by atoms with Gasteiger partial charge in [-0.1, -0.05) is 0 Å². The summed E-state index contributed by atoms with van der Waals surface area (Å²) < 4.78 is 0. The van der Waals surface area contributed by atoms with Crippen molar-refractivity contribution in [3.8, 4) is 0 Å². The molecule has 1 unspecified atom stereocenters. The van der Waals surface area contributed by atoms with E-state index in [9.17, 15) is 4.79 Å². The number of rotatable bonds is 6. The number of nitrogens with zero attached hydrogens (tertiary/aromatic N) is 1. The lowest BCUT2D eigenvalue weighted by Crippen LogP contribution is -2.22. The molecule has 0 saturated carbocycles. The molecule has 1 fully saturated rings. The smallest absolute Gasteiger partial charge is 0.131 e. The molecule has 0 radical (unpaired) electrons. The van der Waals surface area contributed by atoms with Gasteiger partial charge >= 0.3 is 0 Å². The Balaban J connectivity index is 1.91. The average Bonchev–Trinajstić information content (AvgIpc) is 2.50. The minimum Gasteiger partial charge on any atom is -0.316 e. The van der Waals surface area contributed by atoms with Gasteiger partial charge in [-0.05, 0) is 45.8 Å². The maximum Gasteiger partial charge on any atom is 0.131 e. The van der Waals surface area contributed by atoms with Gasteiger partial charge in [0.2, 0.25) is 0 Å². The van der Waals surface area contributed by atoms with Crippen molar-refractivity contribution in [1.29, 1.82) is 0 Å². The summed E-state index contributed by atoms with van der Waals surface area (Å²) in [6.45, 7) is 6.05. The van der Waals surface area contributed by atoms with Crippen LogP contribution in [-0.4, -0.2) is 43.9 Å². The zero-order valence-electron chi connectivity index (χ0n) is 9.38. The van der Waals surface area contributed by atoms with E-state index >= 15 is 0 Å². The van der Waals surface area contributed by atoms with Crippen molar-refractivity contribution in [3.05, 3.63) is 0 Å². The zero-order chi connectivity index (χ0) is 10.4. The molecule has 1 saturated heterocycles. The van der Waals surface area contributed by atoms with Gasteiger partial charge in [0.1, 0.15) is 5.78 Å². The molecule has 0 aromatic heterocycles. The highest BCUT2D eigenvalue weighted by Gasteiger charge is 2.18. The van der Waals surface area contributed by atoms with E-state index in [0.717, 1.165) is 19.0 Å². The van der Waals surface area contributed by atoms with E-state index in [4.69, 9.17) is 0 Å². The minimum absolute atomic E-state index is 0.276. The van der Waals surface area contributed by atoms with Gasteiger partial charge in [-0.15, -0.1) is 0 Å². The maximum atomic E-state index is 10.7. The van der Waals surface area contributed by atoms with Crippen LogP contribution < -0.4 is 5.32 Å². The number of ketones is 1. The van der Waals surface area contributed by atoms with Crippen molar-refractivity contribution < 1.29 is 4.79 Å². The van der Waals surface area contributed by atoms with Gasteiger partial charge in [0.05, 0.1) is 0 Å². The zero-order valence-corrected chi connectivity index (χ0v) is 9.38. The lowest BCUT2D eigenvalue weighted by atomic mass is 10.1. The Kier molecular flexibility index (Phi) is 5.12. The second-order valence-electron chi connectivity index (χ2n) is 4.41. The predicted octanol–water partition coefficient (Wildman–Crippen LogP) is 0.897. The molecule has 1 rings (SSSR count). The Morgan fingerprint density at radius 3 is 2.86 bits per heavy atom. The second-order valence-corrected chi connectivity index (χ2v) is 4.41. The van der Waals surface area contributed by atoms with Crippen LogP contribution >= 0.6 is 0 Å². The van der Waals surface area contributed by atoms with Crippen LogP contribution in [0.25, 0.3) is 0 Å². The highest BCUT2D eigenvalue weighted by Crippen LogP contribution is 2.16. The minimum atomic E-state index is 0.276. The molecule has 14 heavy (non-hydrogen) atoms. The number of likely N-dealkylation sites (tertiary alicyclic amines) is 1. The number of Topliss-reactive ketones (excluding diaryl/α,β-unsaturated/α-hetero) is 1. The van der Waals surface area contributed by atoms with Crippen LogP contribution in [0, 0.1) is 5.92 Å². The SMILES string of the molecule is CC(=O)CCNCCC1CCN(C)C1. The van der Waals surface area contributed by atoms with Crippen molar-refractivity contribution in [2.75, 3.05) is 33.2 Å². The lowest BCUT2D eigenvalue weighted by molar-refractivity contribution is -0.116. The predicted molar refractivity (Wildman–Crippen MR) is 58.4 cm³/mol. The summed E-state index contributed by atoms with van der Waals surface area (Å²) in [5.41, 5.74) is 0. The highest BCUT2D eigenvalue weighted by atomic mass is 16.1. The fourth-order valence-electron chi connectivity index (χ4n) is 1.96. The molecule has 0 spiro atoms. The molecule has 0 bridgehead atoms. The van der Waals surface area contributed by atoms with Crippen molar-refractivity contribution in [2.24, 2.45) is 5.92 Å². The molecule has 0 amide bonds. The summed E-state index contributed by atoms with van der Waals surface area (Å²) >= 11 is 0. The molecule has 82 valence electrons. The molecule has 1 N–H and O–H groups in total. The van der Waals surface area contributed by atoms with E-state index in [0.29, 0.717) is 6.42 Å². The van der Waals surface area contributed by atoms with Crippen LogP contribution in [-0.2, 0) is 4.79 Å². The first-order valence-electron chi connectivity index (χ1n) is 5.57. The molecule has 0 aliphatic carbocycles. The van der Waals surface area contributed by atoms with Crippen molar-refractivity contribution in [3.63, 3.8) is 0 Å². The Hall–Kier alpha value is -0.410. The van der Waals surface area contributed by atoms with Gasteiger partial charge in [-0.3, -0.25) is 4.79 Å². The third-order valence-corrected chi connectivity index (χ3v) is 2.87. The highest BCUT2D eigenvalue weighted by molar-refractivity contribution is 5.75. The fourth-order valence-corrected chi connectivity index (χ4v) is 1.96. The van der Waals surface area contributed by atoms with Crippen LogP contribution in [0.5, 0.6) is 0 Å². The van der Waals surface area contributed by atoms with E-state index in [1.807, 2.05) is 0 Å². The summed E-state index contributed by atoms with van der Waals surface area (Å²) in [5, 5.41) is 3.32. The van der Waals surface area contributed by atoms with E-state index in [1.54, 1.807) is 6.92 Å². The van der Waals surface area contributed by atoms with E-state index < -0.39 is 0 Å². The Labute approximate surface area is 86.9 Å². The average molecular weight is 198 g/mol. The van der Waals surface area contributed by atoms with E-state index in [2.05, 4.69) is 17.3 Å². The lowest BCUT2D eigenvalue weighted by Gasteiger charge is -2.10. The monoisotopic (exact) mass is 198 g/mol. The Morgan fingerprint density at radius 1 is 1.50 bits per heavy atom. The summed E-state index contributed by atoms with van der Waals surface area (Å²) in [5.74, 6) is 1.14. The summed E-state index contributed by atoms with van der Waals surface area (Å²) in [7, 11) is 2.18. The van der Waals surface area contributed by atoms with E-state index in [-0.39, 0.29) is 5.78 Å². The van der Waals surface area contributed by atoms with Crippen molar-refractivity contribution in [2.45, 2.75) is 26.2 Å². The topological polar surface area (TPSA) is 32.3 Å². The largest absolute Gasteiger partial charge is 0.316 e. The van der Waals surface area contributed by atoms with Gasteiger partial charge in [0.15, 0.2) is 0 Å². The number of hydrogen-bond acceptors (Lipinski definition) is 3. The van der Waals surface area contributed by atoms with Gasteiger partial charge in [-0.2, -0.15) is 0 Å². The molecular formula is C11H22N2O. The molecule has 0 aromatic carbocycles. The Bertz CT molecular complexity index is 182. The van der Waals surface area contributed by atoms with Crippen molar-refractivity contribution >= 4 is 5.78 Å². The number of hydrogen-bond donors (Lipinski definition) is 1. The Morgan fingerprint density at radius 2 is 2.29 bits per heavy atom. The molecule has 1 heterocycles. The van der Waals surface area contributed by atoms with Gasteiger partial charge in [0.25, 0.3) is 0 Å². The number of carbonyl (C=O) groups excluding carboxylic acids is 1. The fraction of sp³-hybridized carbons (Fsp3) is 0.909. The number of carbonyl (C=O) groups is 1. The molecule has 1 atom stereocenters. The van der Waals surface area contributed by atoms with Crippen molar-refractivity contribution in [1.82, 2.24) is 10.2 Å². The van der Waals surface area contributed by atoms with Crippen LogP contribution in [0.2, 0.25) is 0 Å². The first kappa shape index (κ1) is 11.7. The quantitative estimate of drug-likeness (QED) is 0.644. The van der Waals surface area contributed by atoms with Gasteiger partial charge in [-0.25, -0.2) is 0 Å². The maximum absolute atomic E-state index is 10.7.